The topological polar surface area (TPSA) is 53.4 Å². The van der Waals surface area contributed by atoms with Crippen LogP contribution in [0.5, 0.6) is 0 Å². The summed E-state index contributed by atoms with van der Waals surface area (Å²) < 4.78 is 40.9. The van der Waals surface area contributed by atoms with Gasteiger partial charge in [-0.1, -0.05) is 41.4 Å². The van der Waals surface area contributed by atoms with Crippen LogP contribution in [0.1, 0.15) is 11.4 Å². The SMILES string of the molecule is O=C(NCc1cc(C(F)(F)F)nn1-c1cccc(Cl)c1)N1CCN(c2ccccc2Cl)CC1. The van der Waals surface area contributed by atoms with Crippen molar-refractivity contribution in [3.8, 4) is 5.69 Å². The Morgan fingerprint density at radius 1 is 1.00 bits per heavy atom. The Hall–Kier alpha value is -2.91. The summed E-state index contributed by atoms with van der Waals surface area (Å²) in [6.07, 6.45) is -4.61. The van der Waals surface area contributed by atoms with Gasteiger partial charge in [-0.3, -0.25) is 0 Å². The van der Waals surface area contributed by atoms with Crippen molar-refractivity contribution in [2.45, 2.75) is 12.7 Å². The molecule has 4 rings (SSSR count). The maximum Gasteiger partial charge on any atom is 0.435 e. The summed E-state index contributed by atoms with van der Waals surface area (Å²) in [6, 6.07) is 14.4. The number of anilines is 1. The molecule has 1 fully saturated rings. The Labute approximate surface area is 198 Å². The lowest BCUT2D eigenvalue weighted by molar-refractivity contribution is -0.141. The first-order valence-electron chi connectivity index (χ1n) is 10.2. The van der Waals surface area contributed by atoms with E-state index in [1.54, 1.807) is 23.1 Å². The van der Waals surface area contributed by atoms with Gasteiger partial charge in [-0.05, 0) is 36.4 Å². The van der Waals surface area contributed by atoms with Crippen LogP contribution in [0.2, 0.25) is 10.0 Å². The second-order valence-corrected chi connectivity index (χ2v) is 8.34. The predicted molar refractivity (Wildman–Crippen MR) is 121 cm³/mol. The fourth-order valence-corrected chi connectivity index (χ4v) is 4.09. The Morgan fingerprint density at radius 3 is 2.39 bits per heavy atom. The summed E-state index contributed by atoms with van der Waals surface area (Å²) in [6.45, 7) is 1.97. The van der Waals surface area contributed by atoms with Crippen LogP contribution >= 0.6 is 23.2 Å². The summed E-state index contributed by atoms with van der Waals surface area (Å²) in [5.41, 5.74) is 0.424. The highest BCUT2D eigenvalue weighted by Gasteiger charge is 2.35. The molecular formula is C22H20Cl2F3N5O. The first-order chi connectivity index (χ1) is 15.7. The summed E-state index contributed by atoms with van der Waals surface area (Å²) in [5.74, 6) is 0. The van der Waals surface area contributed by atoms with Crippen molar-refractivity contribution < 1.29 is 18.0 Å². The van der Waals surface area contributed by atoms with E-state index in [0.29, 0.717) is 41.9 Å². The Kier molecular flexibility index (Phi) is 6.71. The largest absolute Gasteiger partial charge is 0.435 e. The molecule has 1 N–H and O–H groups in total. The van der Waals surface area contributed by atoms with Gasteiger partial charge in [0.25, 0.3) is 0 Å². The molecule has 1 aromatic heterocycles. The fraction of sp³-hybridized carbons (Fsp3) is 0.273. The Bertz CT molecular complexity index is 1140. The number of rotatable bonds is 4. The molecule has 0 atom stereocenters. The number of piperazine rings is 1. The fourth-order valence-electron chi connectivity index (χ4n) is 3.65. The molecule has 2 heterocycles. The second-order valence-electron chi connectivity index (χ2n) is 7.49. The highest BCUT2D eigenvalue weighted by molar-refractivity contribution is 6.33. The van der Waals surface area contributed by atoms with Crippen molar-refractivity contribution >= 4 is 34.9 Å². The van der Waals surface area contributed by atoms with E-state index in [2.05, 4.69) is 15.3 Å². The van der Waals surface area contributed by atoms with Crippen molar-refractivity contribution in [3.63, 3.8) is 0 Å². The minimum absolute atomic E-state index is 0.126. The number of nitrogens with zero attached hydrogens (tertiary/aromatic N) is 4. The van der Waals surface area contributed by atoms with E-state index < -0.39 is 11.9 Å². The number of carbonyl (C=O) groups excluding carboxylic acids is 1. The van der Waals surface area contributed by atoms with Crippen molar-refractivity contribution in [2.24, 2.45) is 0 Å². The smallest absolute Gasteiger partial charge is 0.367 e. The van der Waals surface area contributed by atoms with E-state index in [1.807, 2.05) is 24.3 Å². The van der Waals surface area contributed by atoms with Gasteiger partial charge in [-0.2, -0.15) is 18.3 Å². The Morgan fingerprint density at radius 2 is 1.73 bits per heavy atom. The van der Waals surface area contributed by atoms with Crippen LogP contribution in [0, 0.1) is 0 Å². The van der Waals surface area contributed by atoms with Gasteiger partial charge in [0.2, 0.25) is 0 Å². The van der Waals surface area contributed by atoms with Gasteiger partial charge in [-0.25, -0.2) is 9.48 Å². The number of carbonyl (C=O) groups is 1. The maximum atomic E-state index is 13.3. The zero-order valence-electron chi connectivity index (χ0n) is 17.3. The van der Waals surface area contributed by atoms with E-state index in [1.165, 1.54) is 6.07 Å². The zero-order valence-corrected chi connectivity index (χ0v) is 18.8. The molecule has 1 aliphatic rings. The molecule has 0 bridgehead atoms. The molecule has 2 aromatic carbocycles. The molecule has 3 aromatic rings. The molecule has 6 nitrogen and oxygen atoms in total. The number of hydrogen-bond acceptors (Lipinski definition) is 3. The third-order valence-electron chi connectivity index (χ3n) is 5.31. The number of urea groups is 1. The van der Waals surface area contributed by atoms with Crippen LogP contribution in [0.15, 0.2) is 54.6 Å². The predicted octanol–water partition coefficient (Wildman–Crippen LogP) is 5.23. The van der Waals surface area contributed by atoms with Crippen LogP contribution in [0.3, 0.4) is 0 Å². The van der Waals surface area contributed by atoms with E-state index in [-0.39, 0.29) is 18.3 Å². The molecule has 1 aliphatic heterocycles. The molecule has 2 amide bonds. The molecular weight excluding hydrogens is 478 g/mol. The maximum absolute atomic E-state index is 13.3. The minimum atomic E-state index is -4.61. The molecule has 0 aliphatic carbocycles. The van der Waals surface area contributed by atoms with Crippen LogP contribution in [-0.4, -0.2) is 46.9 Å². The van der Waals surface area contributed by atoms with Crippen LogP contribution in [0.25, 0.3) is 5.69 Å². The van der Waals surface area contributed by atoms with E-state index in [0.717, 1.165) is 16.4 Å². The molecule has 0 radical (unpaired) electrons. The number of alkyl halides is 3. The normalized spacial score (nSPS) is 14.5. The second kappa shape index (κ2) is 9.52. The van der Waals surface area contributed by atoms with E-state index in [4.69, 9.17) is 23.2 Å². The van der Waals surface area contributed by atoms with Crippen LogP contribution < -0.4 is 10.2 Å². The number of halogens is 5. The van der Waals surface area contributed by atoms with Crippen molar-refractivity contribution in [1.29, 1.82) is 0 Å². The summed E-state index contributed by atoms with van der Waals surface area (Å²) in [7, 11) is 0. The van der Waals surface area contributed by atoms with Gasteiger partial charge in [-0.15, -0.1) is 0 Å². The summed E-state index contributed by atoms with van der Waals surface area (Å²) in [4.78, 5) is 16.4. The molecule has 0 saturated carbocycles. The number of nitrogens with one attached hydrogen (secondary N) is 1. The summed E-state index contributed by atoms with van der Waals surface area (Å²) >= 11 is 12.2. The standard InChI is InChI=1S/C22H20Cl2F3N5O/c23-15-4-3-5-16(12-15)32-17(13-20(29-32)22(25,26)27)14-28-21(33)31-10-8-30(9-11-31)19-7-2-1-6-18(19)24/h1-7,12-13H,8-11,14H2,(H,28,33). The third kappa shape index (κ3) is 5.36. The third-order valence-corrected chi connectivity index (χ3v) is 5.86. The molecule has 33 heavy (non-hydrogen) atoms. The lowest BCUT2D eigenvalue weighted by Crippen LogP contribution is -2.51. The van der Waals surface area contributed by atoms with Crippen LogP contribution in [0.4, 0.5) is 23.7 Å². The first kappa shape index (κ1) is 23.3. The van der Waals surface area contributed by atoms with Gasteiger partial charge >= 0.3 is 12.2 Å². The number of para-hydroxylation sites is 1. The average Bonchev–Trinajstić information content (AvgIpc) is 3.23. The monoisotopic (exact) mass is 497 g/mol. The Balaban J connectivity index is 1.43. The van der Waals surface area contributed by atoms with E-state index >= 15 is 0 Å². The lowest BCUT2D eigenvalue weighted by atomic mass is 10.2. The van der Waals surface area contributed by atoms with Gasteiger partial charge in [0.15, 0.2) is 5.69 Å². The van der Waals surface area contributed by atoms with Crippen molar-refractivity contribution in [2.75, 3.05) is 31.1 Å². The van der Waals surface area contributed by atoms with Gasteiger partial charge in [0.05, 0.1) is 28.6 Å². The zero-order chi connectivity index (χ0) is 23.6. The number of benzene rings is 2. The average molecular weight is 498 g/mol. The lowest BCUT2D eigenvalue weighted by Gasteiger charge is -2.36. The van der Waals surface area contributed by atoms with Crippen molar-refractivity contribution in [3.05, 3.63) is 76.0 Å². The number of hydrogen-bond donors (Lipinski definition) is 1. The van der Waals surface area contributed by atoms with Gasteiger partial charge in [0, 0.05) is 31.2 Å². The molecule has 11 heteroatoms. The number of amides is 2. The summed E-state index contributed by atoms with van der Waals surface area (Å²) in [5, 5.41) is 7.40. The first-order valence-corrected chi connectivity index (χ1v) is 10.9. The number of aromatic nitrogens is 2. The van der Waals surface area contributed by atoms with Gasteiger partial charge in [0.1, 0.15) is 0 Å². The highest BCUT2D eigenvalue weighted by Crippen LogP contribution is 2.30. The quantitative estimate of drug-likeness (QED) is 0.536. The van der Waals surface area contributed by atoms with Crippen LogP contribution in [-0.2, 0) is 12.7 Å². The van der Waals surface area contributed by atoms with E-state index in [9.17, 15) is 18.0 Å². The molecule has 174 valence electrons. The van der Waals surface area contributed by atoms with Crippen molar-refractivity contribution in [1.82, 2.24) is 20.0 Å². The molecule has 0 spiro atoms. The van der Waals surface area contributed by atoms with Gasteiger partial charge < -0.3 is 15.1 Å². The highest BCUT2D eigenvalue weighted by atomic mass is 35.5. The molecule has 0 unspecified atom stereocenters. The minimum Gasteiger partial charge on any atom is -0.367 e. The molecule has 1 saturated heterocycles.